The largest absolute Gasteiger partial charge is 0.493 e. The van der Waals surface area contributed by atoms with E-state index in [0.717, 1.165) is 10.7 Å². The number of hydrogen-bond donors (Lipinski definition) is 1. The standard InChI is InChI=1S/C20H25N3O4S/c1-13-22-16(12-28-13)11-21-19(24)14-6-8-23(9-7-14)20(25)15-4-5-17(26-2)18(10-15)27-3/h4-5,10,12,14H,6-9,11H2,1-3H3,(H,21,24). The molecule has 3 rings (SSSR count). The lowest BCUT2D eigenvalue weighted by molar-refractivity contribution is -0.126. The number of carbonyl (C=O) groups excluding carboxylic acids is 2. The Labute approximate surface area is 168 Å². The number of carbonyl (C=O) groups is 2. The minimum Gasteiger partial charge on any atom is -0.493 e. The minimum absolute atomic E-state index is 0.0314. The van der Waals surface area contributed by atoms with Crippen molar-refractivity contribution >= 4 is 23.2 Å². The zero-order chi connectivity index (χ0) is 20.1. The Morgan fingerprint density at radius 2 is 1.93 bits per heavy atom. The van der Waals surface area contributed by atoms with Crippen LogP contribution in [0.3, 0.4) is 0 Å². The van der Waals surface area contributed by atoms with E-state index in [1.807, 2.05) is 12.3 Å². The Morgan fingerprint density at radius 1 is 1.21 bits per heavy atom. The molecule has 1 aliphatic rings. The van der Waals surface area contributed by atoms with Gasteiger partial charge in [0.05, 0.1) is 31.5 Å². The molecule has 2 aromatic rings. The van der Waals surface area contributed by atoms with Gasteiger partial charge in [0.15, 0.2) is 11.5 Å². The van der Waals surface area contributed by atoms with E-state index in [1.165, 1.54) is 0 Å². The molecule has 7 nitrogen and oxygen atoms in total. The van der Waals surface area contributed by atoms with Crippen LogP contribution in [0.4, 0.5) is 0 Å². The van der Waals surface area contributed by atoms with E-state index in [0.29, 0.717) is 49.5 Å². The van der Waals surface area contributed by atoms with Crippen LogP contribution in [-0.2, 0) is 11.3 Å². The first-order valence-corrected chi connectivity index (χ1v) is 10.1. The SMILES string of the molecule is COc1ccc(C(=O)N2CCC(C(=O)NCc3csc(C)n3)CC2)cc1OC. The van der Waals surface area contributed by atoms with E-state index >= 15 is 0 Å². The van der Waals surface area contributed by atoms with Crippen molar-refractivity contribution in [3.05, 3.63) is 39.8 Å². The maximum atomic E-state index is 12.8. The summed E-state index contributed by atoms with van der Waals surface area (Å²) in [5.41, 5.74) is 1.44. The van der Waals surface area contributed by atoms with Crippen molar-refractivity contribution in [3.8, 4) is 11.5 Å². The van der Waals surface area contributed by atoms with E-state index in [9.17, 15) is 9.59 Å². The lowest BCUT2D eigenvalue weighted by Crippen LogP contribution is -2.43. The number of nitrogens with zero attached hydrogens (tertiary/aromatic N) is 2. The first kappa shape index (κ1) is 20.1. The van der Waals surface area contributed by atoms with Crippen LogP contribution in [0.5, 0.6) is 11.5 Å². The van der Waals surface area contributed by atoms with Gasteiger partial charge in [0.2, 0.25) is 5.91 Å². The molecule has 0 bridgehead atoms. The third-order valence-corrected chi connectivity index (χ3v) is 5.72. The number of thiazole rings is 1. The lowest BCUT2D eigenvalue weighted by atomic mass is 9.95. The van der Waals surface area contributed by atoms with E-state index in [4.69, 9.17) is 9.47 Å². The van der Waals surface area contributed by atoms with Crippen molar-refractivity contribution in [1.29, 1.82) is 0 Å². The van der Waals surface area contributed by atoms with E-state index in [2.05, 4.69) is 10.3 Å². The molecular weight excluding hydrogens is 378 g/mol. The lowest BCUT2D eigenvalue weighted by Gasteiger charge is -2.31. The molecule has 150 valence electrons. The van der Waals surface area contributed by atoms with Crippen molar-refractivity contribution < 1.29 is 19.1 Å². The van der Waals surface area contributed by atoms with E-state index in [1.54, 1.807) is 48.7 Å². The highest BCUT2D eigenvalue weighted by molar-refractivity contribution is 7.09. The van der Waals surface area contributed by atoms with Crippen molar-refractivity contribution in [2.24, 2.45) is 5.92 Å². The molecule has 0 radical (unpaired) electrons. The van der Waals surface area contributed by atoms with Crippen LogP contribution < -0.4 is 14.8 Å². The van der Waals surface area contributed by atoms with Crippen LogP contribution in [-0.4, -0.2) is 49.0 Å². The molecule has 1 fully saturated rings. The predicted molar refractivity (Wildman–Crippen MR) is 107 cm³/mol. The van der Waals surface area contributed by atoms with Crippen molar-refractivity contribution in [3.63, 3.8) is 0 Å². The van der Waals surface area contributed by atoms with Crippen molar-refractivity contribution in [2.45, 2.75) is 26.3 Å². The molecule has 1 N–H and O–H groups in total. The van der Waals surface area contributed by atoms with Crippen LogP contribution in [0.1, 0.15) is 33.9 Å². The van der Waals surface area contributed by atoms with Gasteiger partial charge < -0.3 is 19.7 Å². The van der Waals surface area contributed by atoms with Gasteiger partial charge >= 0.3 is 0 Å². The molecule has 1 aromatic carbocycles. The number of ether oxygens (including phenoxy) is 2. The normalized spacial score (nSPS) is 14.6. The van der Waals surface area contributed by atoms with Gasteiger partial charge in [0.1, 0.15) is 0 Å². The number of hydrogen-bond acceptors (Lipinski definition) is 6. The molecule has 0 saturated carbocycles. The number of aryl methyl sites for hydroxylation is 1. The first-order valence-electron chi connectivity index (χ1n) is 9.22. The van der Waals surface area contributed by atoms with Gasteiger partial charge in [0.25, 0.3) is 5.91 Å². The molecule has 8 heteroatoms. The van der Waals surface area contributed by atoms with Crippen molar-refractivity contribution in [1.82, 2.24) is 15.2 Å². The number of piperidine rings is 1. The fourth-order valence-corrected chi connectivity index (χ4v) is 3.92. The minimum atomic E-state index is -0.0748. The second-order valence-electron chi connectivity index (χ2n) is 6.71. The highest BCUT2D eigenvalue weighted by atomic mass is 32.1. The van der Waals surface area contributed by atoms with E-state index < -0.39 is 0 Å². The number of methoxy groups -OCH3 is 2. The molecule has 0 unspecified atom stereocenters. The zero-order valence-corrected chi connectivity index (χ0v) is 17.2. The molecule has 0 aliphatic carbocycles. The summed E-state index contributed by atoms with van der Waals surface area (Å²) in [7, 11) is 3.11. The number of rotatable bonds is 6. The topological polar surface area (TPSA) is 80.8 Å². The average Bonchev–Trinajstić information content (AvgIpc) is 3.16. The number of nitrogens with one attached hydrogen (secondary N) is 1. The summed E-state index contributed by atoms with van der Waals surface area (Å²) in [4.78, 5) is 31.3. The highest BCUT2D eigenvalue weighted by Gasteiger charge is 2.28. The Kier molecular flexibility index (Phi) is 6.51. The molecule has 0 atom stereocenters. The van der Waals surface area contributed by atoms with E-state index in [-0.39, 0.29) is 17.7 Å². The van der Waals surface area contributed by atoms with Crippen LogP contribution in [0.2, 0.25) is 0 Å². The number of likely N-dealkylation sites (tertiary alicyclic amines) is 1. The number of amides is 2. The summed E-state index contributed by atoms with van der Waals surface area (Å²) in [6.07, 6.45) is 1.31. The van der Waals surface area contributed by atoms with Crippen LogP contribution in [0.25, 0.3) is 0 Å². The van der Waals surface area contributed by atoms with Gasteiger partial charge in [-0.15, -0.1) is 11.3 Å². The Morgan fingerprint density at radius 3 is 2.54 bits per heavy atom. The Balaban J connectivity index is 1.53. The quantitative estimate of drug-likeness (QED) is 0.802. The summed E-state index contributed by atoms with van der Waals surface area (Å²) in [6.45, 7) is 3.51. The highest BCUT2D eigenvalue weighted by Crippen LogP contribution is 2.29. The van der Waals surface area contributed by atoms with Crippen LogP contribution in [0.15, 0.2) is 23.6 Å². The van der Waals surface area contributed by atoms with Gasteiger partial charge in [-0.25, -0.2) is 4.98 Å². The molecule has 1 saturated heterocycles. The second kappa shape index (κ2) is 9.05. The van der Waals surface area contributed by atoms with Crippen LogP contribution in [0, 0.1) is 12.8 Å². The summed E-state index contributed by atoms with van der Waals surface area (Å²) < 4.78 is 10.5. The van der Waals surface area contributed by atoms with Gasteiger partial charge in [-0.2, -0.15) is 0 Å². The maximum absolute atomic E-state index is 12.8. The average molecular weight is 404 g/mol. The van der Waals surface area contributed by atoms with Crippen molar-refractivity contribution in [2.75, 3.05) is 27.3 Å². The number of aromatic nitrogens is 1. The molecular formula is C20H25N3O4S. The van der Waals surface area contributed by atoms with Crippen LogP contribution >= 0.6 is 11.3 Å². The zero-order valence-electron chi connectivity index (χ0n) is 16.4. The summed E-state index contributed by atoms with van der Waals surface area (Å²) in [5.74, 6) is 1.01. The number of benzene rings is 1. The van der Waals surface area contributed by atoms with Gasteiger partial charge in [-0.1, -0.05) is 0 Å². The van der Waals surface area contributed by atoms with Gasteiger partial charge in [-0.3, -0.25) is 9.59 Å². The molecule has 28 heavy (non-hydrogen) atoms. The fraction of sp³-hybridized carbons (Fsp3) is 0.450. The summed E-state index contributed by atoms with van der Waals surface area (Å²) in [6, 6.07) is 5.15. The summed E-state index contributed by atoms with van der Waals surface area (Å²) in [5, 5.41) is 5.91. The Bertz CT molecular complexity index is 844. The fourth-order valence-electron chi connectivity index (χ4n) is 3.31. The monoisotopic (exact) mass is 403 g/mol. The third kappa shape index (κ3) is 4.62. The smallest absolute Gasteiger partial charge is 0.253 e. The molecule has 1 aromatic heterocycles. The molecule has 0 spiro atoms. The second-order valence-corrected chi connectivity index (χ2v) is 7.77. The predicted octanol–water partition coefficient (Wildman–Crippen LogP) is 2.64. The molecule has 1 aliphatic heterocycles. The summed E-state index contributed by atoms with van der Waals surface area (Å²) >= 11 is 1.57. The van der Waals surface area contributed by atoms with Gasteiger partial charge in [0, 0.05) is 30.0 Å². The third-order valence-electron chi connectivity index (χ3n) is 4.89. The first-order chi connectivity index (χ1) is 13.5. The van der Waals surface area contributed by atoms with Gasteiger partial charge in [-0.05, 0) is 38.0 Å². The molecule has 2 amide bonds. The Hall–Kier alpha value is -2.61. The maximum Gasteiger partial charge on any atom is 0.253 e. The molecule has 2 heterocycles.